The summed E-state index contributed by atoms with van der Waals surface area (Å²) in [6.45, 7) is 0.177. The molecule has 0 aliphatic carbocycles. The lowest BCUT2D eigenvalue weighted by atomic mass is 10.1. The van der Waals surface area contributed by atoms with Crippen molar-refractivity contribution >= 4 is 17.3 Å². The molecule has 25 heavy (non-hydrogen) atoms. The van der Waals surface area contributed by atoms with Crippen LogP contribution in [-0.4, -0.2) is 17.7 Å². The molecular weight excluding hydrogens is 318 g/mol. The molecule has 2 aromatic carbocycles. The molecule has 124 valence electrons. The monoisotopic (exact) mass is 333 g/mol. The fourth-order valence-corrected chi connectivity index (χ4v) is 2.63. The van der Waals surface area contributed by atoms with Crippen LogP contribution >= 0.6 is 0 Å². The van der Waals surface area contributed by atoms with Gasteiger partial charge in [-0.1, -0.05) is 12.1 Å². The van der Waals surface area contributed by atoms with Crippen molar-refractivity contribution in [2.24, 2.45) is 0 Å². The number of carbonyl (C=O) groups is 1. The maximum atomic E-state index is 12.5. The Bertz CT molecular complexity index is 956. The lowest BCUT2D eigenvalue weighted by Gasteiger charge is -2.08. The van der Waals surface area contributed by atoms with Gasteiger partial charge in [-0.3, -0.25) is 9.78 Å². The van der Waals surface area contributed by atoms with Crippen molar-refractivity contribution in [2.75, 3.05) is 17.8 Å². The Morgan fingerprint density at radius 3 is 2.76 bits per heavy atom. The van der Waals surface area contributed by atoms with Gasteiger partial charge in [-0.05, 0) is 42.0 Å². The number of nitrogens with zero attached hydrogens (tertiary/aromatic N) is 1. The molecule has 0 saturated heterocycles. The molecule has 0 radical (unpaired) electrons. The van der Waals surface area contributed by atoms with Crippen molar-refractivity contribution < 1.29 is 14.3 Å². The Morgan fingerprint density at radius 1 is 1.00 bits per heavy atom. The van der Waals surface area contributed by atoms with Gasteiger partial charge in [0.05, 0.1) is 5.69 Å². The Hall–Kier alpha value is -3.54. The molecule has 2 heterocycles. The topological polar surface area (TPSA) is 86.5 Å². The van der Waals surface area contributed by atoms with Crippen LogP contribution in [0.15, 0.2) is 60.9 Å². The molecule has 3 N–H and O–H groups in total. The van der Waals surface area contributed by atoms with Crippen molar-refractivity contribution in [3.8, 4) is 22.6 Å². The standard InChI is InChI=1S/C19H15N3O3/c20-15-6-14(9-21-10-15)12-2-1-3-16(7-12)22-19(23)13-4-5-17-18(8-13)25-11-24-17/h1-10H,11,20H2,(H,22,23). The second-order valence-electron chi connectivity index (χ2n) is 5.61. The number of carbonyl (C=O) groups excluding carboxylic acids is 1. The largest absolute Gasteiger partial charge is 0.454 e. The smallest absolute Gasteiger partial charge is 0.255 e. The summed E-state index contributed by atoms with van der Waals surface area (Å²) in [4.78, 5) is 16.6. The number of hydrogen-bond donors (Lipinski definition) is 2. The third-order valence-electron chi connectivity index (χ3n) is 3.85. The van der Waals surface area contributed by atoms with Crippen molar-refractivity contribution in [1.29, 1.82) is 0 Å². The van der Waals surface area contributed by atoms with E-state index in [-0.39, 0.29) is 12.7 Å². The quantitative estimate of drug-likeness (QED) is 0.768. The Balaban J connectivity index is 1.56. The van der Waals surface area contributed by atoms with Crippen molar-refractivity contribution in [2.45, 2.75) is 0 Å². The number of hydrogen-bond acceptors (Lipinski definition) is 5. The zero-order valence-corrected chi connectivity index (χ0v) is 13.2. The second kappa shape index (κ2) is 6.16. The van der Waals surface area contributed by atoms with E-state index in [1.807, 2.05) is 30.3 Å². The van der Waals surface area contributed by atoms with Crippen LogP contribution in [0.25, 0.3) is 11.1 Å². The third kappa shape index (κ3) is 3.10. The van der Waals surface area contributed by atoms with E-state index in [2.05, 4.69) is 10.3 Å². The van der Waals surface area contributed by atoms with Crippen molar-refractivity contribution in [3.63, 3.8) is 0 Å². The number of amides is 1. The molecule has 0 atom stereocenters. The van der Waals surface area contributed by atoms with Crippen LogP contribution in [0, 0.1) is 0 Å². The van der Waals surface area contributed by atoms with Gasteiger partial charge < -0.3 is 20.5 Å². The van der Waals surface area contributed by atoms with Gasteiger partial charge in [0.25, 0.3) is 5.91 Å². The van der Waals surface area contributed by atoms with E-state index in [1.54, 1.807) is 30.6 Å². The highest BCUT2D eigenvalue weighted by molar-refractivity contribution is 6.05. The molecule has 6 nitrogen and oxygen atoms in total. The average Bonchev–Trinajstić information content (AvgIpc) is 3.09. The number of pyridine rings is 1. The number of fused-ring (bicyclic) bond motifs is 1. The Morgan fingerprint density at radius 2 is 1.88 bits per heavy atom. The fraction of sp³-hybridized carbons (Fsp3) is 0.0526. The molecule has 1 aliphatic heterocycles. The summed E-state index contributed by atoms with van der Waals surface area (Å²) >= 11 is 0. The third-order valence-corrected chi connectivity index (χ3v) is 3.85. The maximum Gasteiger partial charge on any atom is 0.255 e. The predicted molar refractivity (Wildman–Crippen MR) is 94.6 cm³/mol. The highest BCUT2D eigenvalue weighted by Crippen LogP contribution is 2.32. The normalized spacial score (nSPS) is 12.0. The van der Waals surface area contributed by atoms with Gasteiger partial charge in [0.2, 0.25) is 6.79 Å². The summed E-state index contributed by atoms with van der Waals surface area (Å²) in [5.41, 5.74) is 9.36. The Labute approximate surface area is 144 Å². The number of aromatic nitrogens is 1. The van der Waals surface area contributed by atoms with Gasteiger partial charge in [0.1, 0.15) is 0 Å². The van der Waals surface area contributed by atoms with E-state index >= 15 is 0 Å². The van der Waals surface area contributed by atoms with Crippen molar-refractivity contribution in [3.05, 3.63) is 66.5 Å². The minimum Gasteiger partial charge on any atom is -0.454 e. The SMILES string of the molecule is Nc1cncc(-c2cccc(NC(=O)c3ccc4c(c3)OCO4)c2)c1. The van der Waals surface area contributed by atoms with Crippen LogP contribution in [0.1, 0.15) is 10.4 Å². The Kier molecular flexibility index (Phi) is 3.70. The molecule has 0 fully saturated rings. The lowest BCUT2D eigenvalue weighted by Crippen LogP contribution is -2.11. The number of rotatable bonds is 3. The van der Waals surface area contributed by atoms with Gasteiger partial charge in [0, 0.05) is 29.2 Å². The van der Waals surface area contributed by atoms with E-state index in [1.165, 1.54) is 0 Å². The van der Waals surface area contributed by atoms with Crippen LogP contribution in [0.3, 0.4) is 0 Å². The number of anilines is 2. The van der Waals surface area contributed by atoms with Gasteiger partial charge >= 0.3 is 0 Å². The van der Waals surface area contributed by atoms with E-state index in [9.17, 15) is 4.79 Å². The minimum atomic E-state index is -0.221. The first-order valence-electron chi connectivity index (χ1n) is 7.71. The first-order chi connectivity index (χ1) is 12.2. The molecule has 0 spiro atoms. The number of nitrogens with two attached hydrogens (primary N) is 1. The molecule has 1 amide bonds. The molecule has 1 aliphatic rings. The van der Waals surface area contributed by atoms with Crippen LogP contribution in [0.4, 0.5) is 11.4 Å². The van der Waals surface area contributed by atoms with Crippen molar-refractivity contribution in [1.82, 2.24) is 4.98 Å². The zero-order valence-electron chi connectivity index (χ0n) is 13.2. The summed E-state index contributed by atoms with van der Waals surface area (Å²) in [7, 11) is 0. The van der Waals surface area contributed by atoms with Gasteiger partial charge in [-0.2, -0.15) is 0 Å². The molecule has 0 saturated carbocycles. The molecule has 1 aromatic heterocycles. The van der Waals surface area contributed by atoms with Gasteiger partial charge in [-0.15, -0.1) is 0 Å². The van der Waals surface area contributed by atoms with Crippen LogP contribution < -0.4 is 20.5 Å². The average molecular weight is 333 g/mol. The van der Waals surface area contributed by atoms with E-state index in [4.69, 9.17) is 15.2 Å². The summed E-state index contributed by atoms with van der Waals surface area (Å²) in [6, 6.07) is 14.5. The number of ether oxygens (including phenoxy) is 2. The minimum absolute atomic E-state index is 0.177. The van der Waals surface area contributed by atoms with Crippen LogP contribution in [0.5, 0.6) is 11.5 Å². The second-order valence-corrected chi connectivity index (χ2v) is 5.61. The molecular formula is C19H15N3O3. The van der Waals surface area contributed by atoms with Crippen LogP contribution in [-0.2, 0) is 0 Å². The van der Waals surface area contributed by atoms with Crippen LogP contribution in [0.2, 0.25) is 0 Å². The summed E-state index contributed by atoms with van der Waals surface area (Å²) in [6.07, 6.45) is 3.32. The molecule has 6 heteroatoms. The first kappa shape index (κ1) is 15.0. The fourth-order valence-electron chi connectivity index (χ4n) is 2.63. The summed E-state index contributed by atoms with van der Waals surface area (Å²) in [5.74, 6) is 1.00. The highest BCUT2D eigenvalue weighted by atomic mass is 16.7. The number of nitrogens with one attached hydrogen (secondary N) is 1. The lowest BCUT2D eigenvalue weighted by molar-refractivity contribution is 0.102. The zero-order chi connectivity index (χ0) is 17.2. The van der Waals surface area contributed by atoms with E-state index in [0.717, 1.165) is 11.1 Å². The first-order valence-corrected chi connectivity index (χ1v) is 7.71. The maximum absolute atomic E-state index is 12.5. The summed E-state index contributed by atoms with van der Waals surface area (Å²) in [5, 5.41) is 2.89. The highest BCUT2D eigenvalue weighted by Gasteiger charge is 2.16. The molecule has 0 bridgehead atoms. The number of nitrogen functional groups attached to an aromatic ring is 1. The van der Waals surface area contributed by atoms with E-state index < -0.39 is 0 Å². The molecule has 4 rings (SSSR count). The van der Waals surface area contributed by atoms with E-state index in [0.29, 0.717) is 28.4 Å². The molecule has 3 aromatic rings. The predicted octanol–water partition coefficient (Wildman–Crippen LogP) is 3.31. The number of benzene rings is 2. The van der Waals surface area contributed by atoms with Gasteiger partial charge in [0.15, 0.2) is 11.5 Å². The summed E-state index contributed by atoms with van der Waals surface area (Å²) < 4.78 is 10.6. The molecule has 0 unspecified atom stereocenters. The van der Waals surface area contributed by atoms with Gasteiger partial charge in [-0.25, -0.2) is 0 Å².